The summed E-state index contributed by atoms with van der Waals surface area (Å²) in [7, 11) is 0. The minimum absolute atomic E-state index is 0. The summed E-state index contributed by atoms with van der Waals surface area (Å²) in [6.45, 7) is 0. The molecule has 2 saturated carbocycles. The van der Waals surface area contributed by atoms with E-state index in [1.165, 1.54) is 35.7 Å². The van der Waals surface area contributed by atoms with Gasteiger partial charge in [-0.2, -0.15) is 0 Å². The van der Waals surface area contributed by atoms with Gasteiger partial charge in [-0.1, -0.05) is 59.9 Å². The first-order valence-electron chi connectivity index (χ1n) is 15.0. The van der Waals surface area contributed by atoms with E-state index in [0.717, 1.165) is 59.7 Å². The molecule has 0 amide bonds. The van der Waals surface area contributed by atoms with Crippen LogP contribution < -0.4 is 29.2 Å². The van der Waals surface area contributed by atoms with Gasteiger partial charge < -0.3 is 34.0 Å². The molecule has 6 rings (SSSR count). The zero-order valence-corrected chi connectivity index (χ0v) is 31.7. The van der Waals surface area contributed by atoms with Crippen molar-refractivity contribution in [1.82, 2.24) is 0 Å². The Kier molecular flexibility index (Phi) is 17.6. The summed E-state index contributed by atoms with van der Waals surface area (Å²) < 4.78 is 93.0. The van der Waals surface area contributed by atoms with Crippen molar-refractivity contribution in [2.75, 3.05) is 0 Å². The average Bonchev–Trinajstić information content (AvgIpc) is 4.00. The van der Waals surface area contributed by atoms with Crippen LogP contribution in [0.2, 0.25) is 0 Å². The molecule has 0 unspecified atom stereocenters. The monoisotopic (exact) mass is 982 g/mol. The first kappa shape index (κ1) is 46.6. The van der Waals surface area contributed by atoms with Gasteiger partial charge in [-0.25, -0.2) is 0 Å². The Balaban J connectivity index is 0.000000329. The maximum Gasteiger partial charge on any atom is 1.00 e. The van der Waals surface area contributed by atoms with Crippen LogP contribution in [0, 0.1) is 0 Å². The van der Waals surface area contributed by atoms with E-state index >= 15 is 0 Å². The van der Waals surface area contributed by atoms with Gasteiger partial charge in [-0.3, -0.25) is 9.59 Å². The van der Waals surface area contributed by atoms with Crippen LogP contribution in [0.25, 0.3) is 0 Å². The van der Waals surface area contributed by atoms with E-state index in [1.54, 1.807) is 0 Å². The van der Waals surface area contributed by atoms with E-state index in [9.17, 15) is 35.9 Å². The van der Waals surface area contributed by atoms with Crippen LogP contribution in [0.5, 0.6) is 23.0 Å². The Morgan fingerprint density at radius 1 is 0.593 bits per heavy atom. The molecular formula is C35H26Ag2F6O9S2. The Hall–Kier alpha value is -3.55. The van der Waals surface area contributed by atoms with Gasteiger partial charge in [0.25, 0.3) is 0 Å². The van der Waals surface area contributed by atoms with Crippen molar-refractivity contribution in [3.8, 4) is 23.0 Å². The molecule has 0 atom stereocenters. The summed E-state index contributed by atoms with van der Waals surface area (Å²) in [5.41, 5.74) is 0.0494. The molecule has 0 N–H and O–H groups in total. The molecule has 0 radical (unpaired) electrons. The molecule has 2 aliphatic rings. The first-order chi connectivity index (χ1) is 24.5. The summed E-state index contributed by atoms with van der Waals surface area (Å²) in [5, 5.41) is 16.7. The van der Waals surface area contributed by atoms with Crippen LogP contribution in [-0.2, 0) is 44.8 Å². The summed E-state index contributed by atoms with van der Waals surface area (Å²) in [5.74, 6) is -0.393. The molecule has 0 heterocycles. The van der Waals surface area contributed by atoms with Crippen molar-refractivity contribution in [3.05, 3.63) is 108 Å². The van der Waals surface area contributed by atoms with Crippen LogP contribution in [0.4, 0.5) is 31.1 Å². The second-order valence-corrected chi connectivity index (χ2v) is 13.7. The van der Waals surface area contributed by atoms with Crippen molar-refractivity contribution in [1.29, 1.82) is 0 Å². The minimum Gasteiger partial charge on any atom is -0.652 e. The zero-order valence-electron chi connectivity index (χ0n) is 27.1. The van der Waals surface area contributed by atoms with Gasteiger partial charge in [0.1, 0.15) is 23.0 Å². The Morgan fingerprint density at radius 3 is 1.17 bits per heavy atom. The molecule has 9 nitrogen and oxygen atoms in total. The summed E-state index contributed by atoms with van der Waals surface area (Å²) in [6.07, 6.45) is -7.83. The third-order valence-corrected chi connectivity index (χ3v) is 9.43. The number of alkyl halides is 6. The quantitative estimate of drug-likeness (QED) is 0.0600. The Morgan fingerprint density at radius 2 is 0.907 bits per heavy atom. The van der Waals surface area contributed by atoms with Crippen molar-refractivity contribution >= 4 is 42.3 Å². The fourth-order valence-corrected chi connectivity index (χ4v) is 6.60. The zero-order chi connectivity index (χ0) is 38.0. The molecule has 0 aromatic heterocycles. The van der Waals surface area contributed by atoms with Gasteiger partial charge >= 0.3 is 57.5 Å². The standard InChI is InChI=1S/2C17H13F3O3S.CH2O3.2Ag/c2*18-17(19,20)22-13-6-7-15(12(10-13)11-21)23-16(8-9-16)24-14-4-2-1-3-5-14;2-1(3)4;;/h2*1-7,10-11H,8-9H2;(H2,2,3,4);;/q;;;2*+1/p-2. The van der Waals surface area contributed by atoms with Crippen LogP contribution in [-0.4, -0.2) is 41.3 Å². The molecule has 19 heteroatoms. The number of ether oxygens (including phenoxy) is 4. The number of carbonyl (C=O) groups is 3. The van der Waals surface area contributed by atoms with E-state index in [4.69, 9.17) is 24.5 Å². The number of carboxylic acid groups (broad SMARTS) is 2. The van der Waals surface area contributed by atoms with Gasteiger partial charge in [0, 0.05) is 35.5 Å². The molecular weight excluding hydrogens is 958 g/mol. The van der Waals surface area contributed by atoms with Gasteiger partial charge in [0.05, 0.1) is 11.1 Å². The van der Waals surface area contributed by atoms with Gasteiger partial charge in [-0.05, 0) is 66.8 Å². The van der Waals surface area contributed by atoms with Crippen LogP contribution >= 0.6 is 23.5 Å². The average molecular weight is 984 g/mol. The molecule has 296 valence electrons. The molecule has 4 aromatic carbocycles. The van der Waals surface area contributed by atoms with Crippen molar-refractivity contribution in [2.24, 2.45) is 0 Å². The third-order valence-electron chi connectivity index (χ3n) is 6.69. The predicted octanol–water partition coefficient (Wildman–Crippen LogP) is 7.67. The molecule has 2 fully saturated rings. The molecule has 2 aliphatic carbocycles. The van der Waals surface area contributed by atoms with Crippen LogP contribution in [0.1, 0.15) is 46.4 Å². The number of hydrogen-bond donors (Lipinski definition) is 0. The SMILES string of the molecule is O=C([O-])[O-].O=Cc1cc(OC(F)(F)F)ccc1OC1(Sc2ccccc2)CC1.O=Cc1cc(OC(F)(F)F)ccc1OC1(Sc2ccccc2)CC1.[Ag+].[Ag+]. The number of halogens is 6. The Bertz CT molecular complexity index is 1700. The molecule has 0 saturated heterocycles. The molecule has 0 spiro atoms. The second-order valence-electron chi connectivity index (χ2n) is 10.8. The van der Waals surface area contributed by atoms with E-state index in [2.05, 4.69) is 9.47 Å². The smallest absolute Gasteiger partial charge is 0.652 e. The van der Waals surface area contributed by atoms with Crippen LogP contribution in [0.15, 0.2) is 107 Å². The molecule has 0 bridgehead atoms. The Labute approximate surface area is 344 Å². The summed E-state index contributed by atoms with van der Waals surface area (Å²) >= 11 is 3.07. The third kappa shape index (κ3) is 16.0. The topological polar surface area (TPSA) is 134 Å². The van der Waals surface area contributed by atoms with Crippen molar-refractivity contribution in [3.63, 3.8) is 0 Å². The van der Waals surface area contributed by atoms with Crippen molar-refractivity contribution in [2.45, 2.75) is 58.1 Å². The maximum atomic E-state index is 12.3. The number of aldehydes is 2. The van der Waals surface area contributed by atoms with Gasteiger partial charge in [-0.15, -0.1) is 26.3 Å². The largest absolute Gasteiger partial charge is 1.00 e. The van der Waals surface area contributed by atoms with Crippen molar-refractivity contribution < 1.29 is 115 Å². The van der Waals surface area contributed by atoms with E-state index in [1.807, 2.05) is 60.7 Å². The number of rotatable bonds is 12. The van der Waals surface area contributed by atoms with E-state index < -0.39 is 40.2 Å². The molecule has 4 aromatic rings. The second kappa shape index (κ2) is 20.4. The summed E-state index contributed by atoms with van der Waals surface area (Å²) in [4.78, 5) is 31.8. The normalized spacial score (nSPS) is 14.3. The van der Waals surface area contributed by atoms with Gasteiger partial charge in [0.15, 0.2) is 22.4 Å². The molecule has 54 heavy (non-hydrogen) atoms. The number of thioether (sulfide) groups is 2. The van der Waals surface area contributed by atoms with E-state index in [-0.39, 0.29) is 67.4 Å². The minimum atomic E-state index is -4.80. The first-order valence-corrected chi connectivity index (χ1v) is 16.6. The van der Waals surface area contributed by atoms with Gasteiger partial charge in [0.2, 0.25) is 0 Å². The molecule has 0 aliphatic heterocycles. The number of carbonyl (C=O) groups excluding carboxylic acids is 3. The number of hydrogen-bond acceptors (Lipinski definition) is 11. The fourth-order valence-electron chi connectivity index (χ4n) is 4.28. The maximum absolute atomic E-state index is 12.3. The van der Waals surface area contributed by atoms with Crippen LogP contribution in [0.3, 0.4) is 0 Å². The fraction of sp³-hybridized carbons (Fsp3) is 0.229. The predicted molar refractivity (Wildman–Crippen MR) is 172 cm³/mol. The van der Waals surface area contributed by atoms with E-state index in [0.29, 0.717) is 12.6 Å². The summed E-state index contributed by atoms with van der Waals surface area (Å²) in [6, 6.07) is 26.3. The number of benzene rings is 4.